The summed E-state index contributed by atoms with van der Waals surface area (Å²) in [5.74, 6) is 1.71. The zero-order valence-electron chi connectivity index (χ0n) is 14.9. The van der Waals surface area contributed by atoms with E-state index in [0.717, 1.165) is 25.3 Å². The number of nitrogens with zero attached hydrogens (tertiary/aromatic N) is 1. The van der Waals surface area contributed by atoms with Crippen LogP contribution in [0, 0.1) is 0 Å². The highest BCUT2D eigenvalue weighted by molar-refractivity contribution is 8.00. The lowest BCUT2D eigenvalue weighted by molar-refractivity contribution is -0.128. The first kappa shape index (κ1) is 20.4. The van der Waals surface area contributed by atoms with Crippen molar-refractivity contribution in [1.29, 1.82) is 0 Å². The lowest BCUT2D eigenvalue weighted by Gasteiger charge is -2.26. The number of methoxy groups -OCH3 is 1. The van der Waals surface area contributed by atoms with Crippen molar-refractivity contribution in [3.8, 4) is 5.75 Å². The second-order valence-electron chi connectivity index (χ2n) is 6.67. The summed E-state index contributed by atoms with van der Waals surface area (Å²) in [7, 11) is 1.68. The van der Waals surface area contributed by atoms with E-state index in [1.807, 2.05) is 17.0 Å². The number of halogens is 1. The average molecular weight is 385 g/mol. The first-order valence-corrected chi connectivity index (χ1v) is 10.1. The van der Waals surface area contributed by atoms with E-state index in [4.69, 9.17) is 4.74 Å². The minimum absolute atomic E-state index is 0. The third-order valence-electron chi connectivity index (χ3n) is 4.98. The van der Waals surface area contributed by atoms with Crippen molar-refractivity contribution in [3.63, 3.8) is 0 Å². The predicted molar refractivity (Wildman–Crippen MR) is 107 cm³/mol. The summed E-state index contributed by atoms with van der Waals surface area (Å²) >= 11 is 1.73. The van der Waals surface area contributed by atoms with Gasteiger partial charge in [0.1, 0.15) is 11.1 Å². The Morgan fingerprint density at radius 3 is 2.60 bits per heavy atom. The predicted octanol–water partition coefficient (Wildman–Crippen LogP) is 4.00. The molecule has 0 spiro atoms. The number of ether oxygens (including phenoxy) is 1. The molecule has 0 aromatic heterocycles. The topological polar surface area (TPSA) is 41.6 Å². The molecule has 1 aliphatic carbocycles. The highest BCUT2D eigenvalue weighted by Crippen LogP contribution is 2.39. The second kappa shape index (κ2) is 10.3. The van der Waals surface area contributed by atoms with Crippen LogP contribution in [-0.4, -0.2) is 42.8 Å². The van der Waals surface area contributed by atoms with Gasteiger partial charge in [-0.05, 0) is 43.5 Å². The summed E-state index contributed by atoms with van der Waals surface area (Å²) in [6, 6.07) is 8.79. The molecule has 0 bridgehead atoms. The number of carbonyl (C=O) groups excluding carboxylic acids is 1. The summed E-state index contributed by atoms with van der Waals surface area (Å²) in [5.41, 5.74) is 1.19. The van der Waals surface area contributed by atoms with Gasteiger partial charge in [-0.15, -0.1) is 24.2 Å². The minimum atomic E-state index is 0. The van der Waals surface area contributed by atoms with E-state index >= 15 is 0 Å². The number of nitrogens with one attached hydrogen (secondary N) is 1. The molecular weight excluding hydrogens is 356 g/mol. The molecule has 1 N–H and O–H groups in total. The van der Waals surface area contributed by atoms with Gasteiger partial charge in [-0.2, -0.15) is 0 Å². The number of benzene rings is 1. The molecule has 1 saturated heterocycles. The maximum atomic E-state index is 12.2. The van der Waals surface area contributed by atoms with Crippen LogP contribution in [0.5, 0.6) is 5.75 Å². The van der Waals surface area contributed by atoms with Gasteiger partial charge in [-0.25, -0.2) is 0 Å². The molecule has 1 unspecified atom stereocenters. The molecular formula is C19H29ClN2O2S. The van der Waals surface area contributed by atoms with Crippen molar-refractivity contribution in [3.05, 3.63) is 29.8 Å². The fourth-order valence-electron chi connectivity index (χ4n) is 3.60. The van der Waals surface area contributed by atoms with E-state index in [1.54, 1.807) is 18.9 Å². The van der Waals surface area contributed by atoms with E-state index in [2.05, 4.69) is 17.4 Å². The van der Waals surface area contributed by atoms with Gasteiger partial charge in [-0.1, -0.05) is 31.4 Å². The van der Waals surface area contributed by atoms with Crippen molar-refractivity contribution in [2.24, 2.45) is 0 Å². The Morgan fingerprint density at radius 1 is 1.20 bits per heavy atom. The van der Waals surface area contributed by atoms with Gasteiger partial charge in [-0.3, -0.25) is 4.79 Å². The SMILES string of the molecule is COc1ccc(C2SCC(=O)N2CCCNC2CCCCC2)cc1.Cl. The molecule has 3 rings (SSSR count). The maximum Gasteiger partial charge on any atom is 0.233 e. The molecule has 1 aromatic rings. The van der Waals surface area contributed by atoms with Crippen molar-refractivity contribution >= 4 is 30.1 Å². The molecule has 140 valence electrons. The molecule has 2 aliphatic rings. The van der Waals surface area contributed by atoms with Crippen LogP contribution in [0.25, 0.3) is 0 Å². The summed E-state index contributed by atoms with van der Waals surface area (Å²) in [6.07, 6.45) is 7.76. The van der Waals surface area contributed by atoms with Crippen molar-refractivity contribution in [2.45, 2.75) is 49.9 Å². The van der Waals surface area contributed by atoms with E-state index in [0.29, 0.717) is 11.8 Å². The number of rotatable bonds is 7. The summed E-state index contributed by atoms with van der Waals surface area (Å²) < 4.78 is 5.22. The third kappa shape index (κ3) is 5.53. The minimum Gasteiger partial charge on any atom is -0.497 e. The Kier molecular flexibility index (Phi) is 8.40. The van der Waals surface area contributed by atoms with E-state index in [1.165, 1.54) is 37.7 Å². The van der Waals surface area contributed by atoms with Crippen LogP contribution in [-0.2, 0) is 4.79 Å². The molecule has 1 aliphatic heterocycles. The standard InChI is InChI=1S/C19H28N2O2S.ClH/c1-23-17-10-8-15(9-11-17)19-21(18(22)14-24-19)13-5-12-20-16-6-3-2-4-7-16;/h8-11,16,19-20H,2-7,12-14H2,1H3;1H. The number of carbonyl (C=O) groups is 1. The fourth-order valence-corrected chi connectivity index (χ4v) is 4.82. The molecule has 6 heteroatoms. The lowest BCUT2D eigenvalue weighted by atomic mass is 9.95. The van der Waals surface area contributed by atoms with E-state index in [-0.39, 0.29) is 23.7 Å². The Balaban J connectivity index is 0.00000225. The van der Waals surface area contributed by atoms with Crippen LogP contribution in [0.15, 0.2) is 24.3 Å². The van der Waals surface area contributed by atoms with Gasteiger partial charge in [0, 0.05) is 12.6 Å². The molecule has 4 nitrogen and oxygen atoms in total. The highest BCUT2D eigenvalue weighted by atomic mass is 35.5. The molecule has 2 fully saturated rings. The van der Waals surface area contributed by atoms with Crippen LogP contribution >= 0.6 is 24.2 Å². The van der Waals surface area contributed by atoms with Crippen molar-refractivity contribution < 1.29 is 9.53 Å². The molecule has 25 heavy (non-hydrogen) atoms. The molecule has 1 aromatic carbocycles. The van der Waals surface area contributed by atoms with Crippen LogP contribution in [0.2, 0.25) is 0 Å². The van der Waals surface area contributed by atoms with Crippen LogP contribution in [0.4, 0.5) is 0 Å². The van der Waals surface area contributed by atoms with Gasteiger partial charge in [0.15, 0.2) is 0 Å². The normalized spacial score (nSPS) is 21.2. The molecule has 1 heterocycles. The summed E-state index contributed by atoms with van der Waals surface area (Å²) in [6.45, 7) is 1.84. The summed E-state index contributed by atoms with van der Waals surface area (Å²) in [5, 5.41) is 3.82. The third-order valence-corrected chi connectivity index (χ3v) is 6.24. The Morgan fingerprint density at radius 2 is 1.92 bits per heavy atom. The number of hydrogen-bond donors (Lipinski definition) is 1. The largest absolute Gasteiger partial charge is 0.497 e. The van der Waals surface area contributed by atoms with Gasteiger partial charge >= 0.3 is 0 Å². The Bertz CT molecular complexity index is 535. The van der Waals surface area contributed by atoms with Gasteiger partial charge in [0.25, 0.3) is 0 Å². The average Bonchev–Trinajstić information content (AvgIpc) is 3.00. The zero-order chi connectivity index (χ0) is 16.8. The molecule has 1 amide bonds. The van der Waals surface area contributed by atoms with Crippen molar-refractivity contribution in [2.75, 3.05) is 26.0 Å². The highest BCUT2D eigenvalue weighted by Gasteiger charge is 2.32. The molecule has 0 radical (unpaired) electrons. The maximum absolute atomic E-state index is 12.2. The van der Waals surface area contributed by atoms with Gasteiger partial charge < -0.3 is 15.0 Å². The number of hydrogen-bond acceptors (Lipinski definition) is 4. The molecule has 1 saturated carbocycles. The van der Waals surface area contributed by atoms with Crippen LogP contribution < -0.4 is 10.1 Å². The molecule has 1 atom stereocenters. The monoisotopic (exact) mass is 384 g/mol. The summed E-state index contributed by atoms with van der Waals surface area (Å²) in [4.78, 5) is 14.3. The smallest absolute Gasteiger partial charge is 0.233 e. The van der Waals surface area contributed by atoms with Crippen LogP contribution in [0.1, 0.15) is 49.5 Å². The number of amides is 1. The van der Waals surface area contributed by atoms with E-state index < -0.39 is 0 Å². The van der Waals surface area contributed by atoms with E-state index in [9.17, 15) is 4.79 Å². The Hall–Kier alpha value is -0.910. The zero-order valence-corrected chi connectivity index (χ0v) is 16.5. The second-order valence-corrected chi connectivity index (χ2v) is 7.73. The van der Waals surface area contributed by atoms with Crippen LogP contribution in [0.3, 0.4) is 0 Å². The Labute approximate surface area is 161 Å². The van der Waals surface area contributed by atoms with Gasteiger partial charge in [0.05, 0.1) is 12.9 Å². The fraction of sp³-hybridized carbons (Fsp3) is 0.632. The van der Waals surface area contributed by atoms with Crippen molar-refractivity contribution in [1.82, 2.24) is 10.2 Å². The quantitative estimate of drug-likeness (QED) is 0.721. The first-order chi connectivity index (χ1) is 11.8. The lowest BCUT2D eigenvalue weighted by Crippen LogP contribution is -2.35. The first-order valence-electron chi connectivity index (χ1n) is 9.06. The number of thioether (sulfide) groups is 1. The van der Waals surface area contributed by atoms with Gasteiger partial charge in [0.2, 0.25) is 5.91 Å².